The highest BCUT2D eigenvalue weighted by atomic mass is 32.2. The standard InChI is InChI=1S/C25H41N2O11PS3.C23H37N2O11PS3/c1-23(2,3)12-18(29)41-11-10-34-39(33,36-15-37-42-19(30)13-24(4,5)6)35-14-16-20(31)25(7,32)21(38-16)27-9-8-17(28)26-22(27)40;1-21(2,3)18(28)39-11-10-32-37(31,34-13-35-40-19(29)22(4,5)6)33-12-14-16(27)23(7,30)17(36-14)25-9-8-15(26)24-20(25)38/h8-9,16,20-21,31-32H,10-15H2,1-7H3,(H,26,28,40);8-9,14,16-17,27,30H,10-13H2,1-7H3,(H,24,26,38)/t16-,20+,21-,25?,39?;14-,16+,17-,23?,37?/m11/s1/i14D2;12D2. The van der Waals surface area contributed by atoms with Gasteiger partial charge >= 0.3 is 15.6 Å². The van der Waals surface area contributed by atoms with Gasteiger partial charge in [0.1, 0.15) is 35.6 Å². The maximum Gasteiger partial charge on any atom is 0.477 e. The van der Waals surface area contributed by atoms with E-state index in [4.69, 9.17) is 74.9 Å². The lowest BCUT2D eigenvalue weighted by Gasteiger charge is -2.28. The van der Waals surface area contributed by atoms with Crippen LogP contribution in [0, 0.1) is 31.2 Å². The number of nitrogens with zero attached hydrogens (tertiary/aromatic N) is 2. The number of carbonyl (C=O) groups is 4. The molecule has 468 valence electrons. The minimum Gasteiger partial charge on any atom is -0.387 e. The van der Waals surface area contributed by atoms with Crippen LogP contribution in [0.1, 0.15) is 128 Å². The predicted octanol–water partition coefficient (Wildman–Crippen LogP) is 7.93. The number of nitrogens with one attached hydrogen (secondary N) is 2. The minimum absolute atomic E-state index is 0.0116. The number of hydrogen-bond acceptors (Lipinski definition) is 28. The van der Waals surface area contributed by atoms with Gasteiger partial charge in [-0.05, 0) is 49.1 Å². The lowest BCUT2D eigenvalue weighted by molar-refractivity contribution is -0.118. The van der Waals surface area contributed by atoms with E-state index in [0.717, 1.165) is 58.6 Å². The highest BCUT2D eigenvalue weighted by Gasteiger charge is 2.55. The van der Waals surface area contributed by atoms with Crippen LogP contribution >= 0.6 is 87.7 Å². The molecule has 26 nitrogen and oxygen atoms in total. The van der Waals surface area contributed by atoms with Crippen molar-refractivity contribution in [3.63, 3.8) is 0 Å². The van der Waals surface area contributed by atoms with Gasteiger partial charge in [-0.15, -0.1) is 0 Å². The lowest BCUT2D eigenvalue weighted by Crippen LogP contribution is -2.44. The molecule has 0 aliphatic carbocycles. The molecule has 4 heterocycles. The van der Waals surface area contributed by atoms with Crippen molar-refractivity contribution in [2.24, 2.45) is 21.7 Å². The topological polar surface area (TPSA) is 351 Å². The summed E-state index contributed by atoms with van der Waals surface area (Å²) in [6.07, 6.45) is -8.03. The Morgan fingerprint density at radius 1 is 0.634 bits per heavy atom. The van der Waals surface area contributed by atoms with Gasteiger partial charge in [-0.25, -0.2) is 9.13 Å². The minimum atomic E-state index is -4.87. The molecule has 6 N–H and O–H groups in total. The first-order valence-electron chi connectivity index (χ1n) is 26.9. The van der Waals surface area contributed by atoms with Crippen LogP contribution in [0.4, 0.5) is 0 Å². The third-order valence-electron chi connectivity index (χ3n) is 10.6. The Kier molecular flexibility index (Phi) is 25.9. The Balaban J connectivity index is 0.000000451. The molecule has 0 saturated carbocycles. The molecule has 0 spiro atoms. The number of rotatable bonds is 26. The summed E-state index contributed by atoms with van der Waals surface area (Å²) < 4.78 is 115. The van der Waals surface area contributed by atoms with Crippen LogP contribution in [-0.4, -0.2) is 147 Å². The number of phosphoric acid groups is 2. The zero-order valence-corrected chi connectivity index (χ0v) is 54.5. The second kappa shape index (κ2) is 31.4. The molecule has 0 radical (unpaired) electrons. The van der Waals surface area contributed by atoms with Gasteiger partial charge in [0.25, 0.3) is 11.1 Å². The Morgan fingerprint density at radius 3 is 1.39 bits per heavy atom. The van der Waals surface area contributed by atoms with Gasteiger partial charge in [0.15, 0.2) is 45.8 Å². The quantitative estimate of drug-likeness (QED) is 0.0171. The van der Waals surface area contributed by atoms with Crippen LogP contribution in [0.2, 0.25) is 0 Å². The predicted molar refractivity (Wildman–Crippen MR) is 313 cm³/mol. The van der Waals surface area contributed by atoms with Crippen LogP contribution in [0.25, 0.3) is 0 Å². The van der Waals surface area contributed by atoms with Crippen molar-refractivity contribution in [1.82, 2.24) is 19.1 Å². The Bertz CT molecular complexity index is 2940. The van der Waals surface area contributed by atoms with Crippen LogP contribution < -0.4 is 11.1 Å². The summed E-state index contributed by atoms with van der Waals surface area (Å²) in [5.41, 5.74) is -7.37. The van der Waals surface area contributed by atoms with E-state index in [1.165, 1.54) is 12.4 Å². The molecule has 2 aliphatic rings. The number of ether oxygens (including phenoxy) is 2. The summed E-state index contributed by atoms with van der Waals surface area (Å²) in [5, 5.41) is 42.7. The SMILES string of the molecule is [2H]C([2H])(OP(=O)(OCCSC(=O)C(C)(C)C)OCOSC(=O)C(C)(C)C)[C@H]1O[C@@H](n2ccc(=O)[nH]c2=S)C(C)(O)[C@H]1O.[2H]C([2H])(OP(=O)(OCCSC(=O)CC(C)(C)C)OCOSC(=O)CC(C)(C)C)[C@H]1O[C@@H](n2ccc(=O)[nH]c2=S)C(C)(O)[C@H]1O. The van der Waals surface area contributed by atoms with E-state index in [1.807, 2.05) is 41.5 Å². The number of aromatic amines is 2. The molecule has 0 aromatic carbocycles. The highest BCUT2D eigenvalue weighted by molar-refractivity contribution is 8.14. The first-order valence-corrected chi connectivity index (χ1v) is 32.1. The molecule has 2 fully saturated rings. The van der Waals surface area contributed by atoms with E-state index < -0.39 is 112 Å². The Morgan fingerprint density at radius 2 is 1.01 bits per heavy atom. The molecule has 0 bridgehead atoms. The normalized spacial score (nSPS) is 25.8. The number of H-pyrrole nitrogens is 2. The molecular formula is C48H78N4O22P2S6. The van der Waals surface area contributed by atoms with E-state index in [0.29, 0.717) is 24.1 Å². The summed E-state index contributed by atoms with van der Waals surface area (Å²) >= 11 is 12.9. The molecule has 0 amide bonds. The molecule has 82 heavy (non-hydrogen) atoms. The average Bonchev–Trinajstić information content (AvgIpc) is 1.62. The molecule has 4 unspecified atom stereocenters. The first kappa shape index (κ1) is 67.7. The van der Waals surface area contributed by atoms with Crippen molar-refractivity contribution >= 4 is 108 Å². The van der Waals surface area contributed by atoms with Crippen LogP contribution in [0.3, 0.4) is 0 Å². The maximum atomic E-state index is 13.6. The molecule has 34 heteroatoms. The zero-order valence-electron chi connectivity index (χ0n) is 51.8. The van der Waals surface area contributed by atoms with Crippen molar-refractivity contribution in [3.05, 3.63) is 54.8 Å². The van der Waals surface area contributed by atoms with E-state index in [9.17, 15) is 58.3 Å². The number of aliphatic hydroxyl groups is 4. The molecule has 2 aromatic heterocycles. The summed E-state index contributed by atoms with van der Waals surface area (Å²) in [5.74, 6) is 0.0375. The summed E-state index contributed by atoms with van der Waals surface area (Å²) in [6.45, 7) is 15.1. The second-order valence-electron chi connectivity index (χ2n) is 23.1. The van der Waals surface area contributed by atoms with Gasteiger partial charge in [0.05, 0.1) is 55.9 Å². The van der Waals surface area contributed by atoms with E-state index in [-0.39, 0.29) is 78.4 Å². The van der Waals surface area contributed by atoms with Crippen molar-refractivity contribution in [1.29, 1.82) is 0 Å². The third kappa shape index (κ3) is 24.4. The van der Waals surface area contributed by atoms with Crippen molar-refractivity contribution in [2.45, 2.75) is 158 Å². The number of carbonyl (C=O) groups excluding carboxylic acids is 4. The first-order chi connectivity index (χ1) is 39.0. The molecule has 2 saturated heterocycles. The molecule has 2 aromatic rings. The van der Waals surface area contributed by atoms with Gasteiger partial charge in [0, 0.05) is 59.7 Å². The fraction of sp³-hybridized carbons (Fsp3) is 0.750. The summed E-state index contributed by atoms with van der Waals surface area (Å²) in [6, 6.07) is 2.17. The Labute approximate surface area is 509 Å². The van der Waals surface area contributed by atoms with Crippen LogP contribution in [-0.2, 0) is 73.3 Å². The van der Waals surface area contributed by atoms with E-state index in [2.05, 4.69) is 9.97 Å². The average molecular weight is 1320 g/mol. The smallest absolute Gasteiger partial charge is 0.387 e. The van der Waals surface area contributed by atoms with E-state index >= 15 is 0 Å². The number of hydrogen-bond donors (Lipinski definition) is 6. The van der Waals surface area contributed by atoms with E-state index in [1.54, 1.807) is 41.5 Å². The number of aromatic nitrogens is 4. The third-order valence-corrected chi connectivity index (χ3v) is 17.4. The summed E-state index contributed by atoms with van der Waals surface area (Å²) in [7, 11) is -9.74. The van der Waals surface area contributed by atoms with Crippen molar-refractivity contribution in [2.75, 3.05) is 51.4 Å². The number of thioether (sulfide) groups is 2. The van der Waals surface area contributed by atoms with Crippen molar-refractivity contribution in [3.8, 4) is 0 Å². The van der Waals surface area contributed by atoms with Crippen molar-refractivity contribution < 1.29 is 99.2 Å². The maximum absolute atomic E-state index is 13.6. The van der Waals surface area contributed by atoms with Gasteiger partial charge in [-0.1, -0.05) is 107 Å². The van der Waals surface area contributed by atoms with Crippen LogP contribution in [0.15, 0.2) is 34.1 Å². The highest BCUT2D eigenvalue weighted by Crippen LogP contribution is 2.52. The second-order valence-corrected chi connectivity index (χ2v) is 30.9. The lowest BCUT2D eigenvalue weighted by atomic mass is 9.93. The number of aliphatic hydroxyl groups excluding tert-OH is 2. The van der Waals surface area contributed by atoms with Gasteiger partial charge in [-0.2, -0.15) is 0 Å². The number of phosphoric ester groups is 2. The fourth-order valence-electron chi connectivity index (χ4n) is 6.34. The Hall–Kier alpha value is -1.82. The van der Waals surface area contributed by atoms with Gasteiger partial charge in [-0.3, -0.25) is 83.4 Å². The fourth-order valence-corrected chi connectivity index (χ4v) is 11.9. The zero-order chi connectivity index (χ0) is 66.0. The van der Waals surface area contributed by atoms with Crippen LogP contribution in [0.5, 0.6) is 0 Å². The molecular weight excluding hydrogens is 1240 g/mol. The summed E-state index contributed by atoms with van der Waals surface area (Å²) in [4.78, 5) is 76.4. The molecule has 4 rings (SSSR count). The van der Waals surface area contributed by atoms with Gasteiger partial charge in [0.2, 0.25) is 10.2 Å². The molecule has 2 aliphatic heterocycles. The largest absolute Gasteiger partial charge is 0.477 e. The monoisotopic (exact) mass is 1320 g/mol. The van der Waals surface area contributed by atoms with Gasteiger partial charge < -0.3 is 29.9 Å². The molecule has 10 atom stereocenters.